The summed E-state index contributed by atoms with van der Waals surface area (Å²) in [6, 6.07) is 7.45. The number of hydrogen-bond acceptors (Lipinski definition) is 4. The molecule has 6 nitrogen and oxygen atoms in total. The first-order valence-corrected chi connectivity index (χ1v) is 7.61. The molecule has 1 aromatic carbocycles. The largest absolute Gasteiger partial charge is 0.439 e. The highest BCUT2D eigenvalue weighted by Gasteiger charge is 2.48. The van der Waals surface area contributed by atoms with Crippen molar-refractivity contribution in [3.63, 3.8) is 0 Å². The molecule has 4 rings (SSSR count). The highest BCUT2D eigenvalue weighted by molar-refractivity contribution is 5.87. The van der Waals surface area contributed by atoms with Crippen LogP contribution in [0.25, 0.3) is 0 Å². The Kier molecular flexibility index (Phi) is 3.07. The van der Waals surface area contributed by atoms with Gasteiger partial charge in [-0.05, 0) is 25.3 Å². The lowest BCUT2D eigenvalue weighted by atomic mass is 10.1. The van der Waals surface area contributed by atoms with Crippen molar-refractivity contribution < 1.29 is 19.1 Å². The molecule has 0 spiro atoms. The number of carbonyl (C=O) groups is 2. The Bertz CT molecular complexity index is 632. The zero-order valence-corrected chi connectivity index (χ0v) is 12.3. The summed E-state index contributed by atoms with van der Waals surface area (Å²) in [6.07, 6.45) is 0.622. The van der Waals surface area contributed by atoms with Gasteiger partial charge in [0.2, 0.25) is 5.91 Å². The molecule has 3 heterocycles. The molecular weight excluding hydrogens is 284 g/mol. The van der Waals surface area contributed by atoms with E-state index in [9.17, 15) is 9.59 Å². The lowest BCUT2D eigenvalue weighted by molar-refractivity contribution is -0.126. The molecule has 0 aromatic heterocycles. The summed E-state index contributed by atoms with van der Waals surface area (Å²) in [5.41, 5.74) is 2.09. The molecule has 1 aromatic rings. The highest BCUT2D eigenvalue weighted by Crippen LogP contribution is 2.33. The number of carbonyl (C=O) groups excluding carboxylic acids is 2. The van der Waals surface area contributed by atoms with Crippen LogP contribution in [0.5, 0.6) is 0 Å². The Labute approximate surface area is 128 Å². The topological polar surface area (TPSA) is 71.2 Å². The van der Waals surface area contributed by atoms with Crippen molar-refractivity contribution in [2.45, 2.75) is 44.2 Å². The number of nitrogens with zero attached hydrogens (tertiary/aromatic N) is 1. The van der Waals surface area contributed by atoms with E-state index in [1.165, 1.54) is 0 Å². The predicted octanol–water partition coefficient (Wildman–Crippen LogP) is 1.49. The standard InChI is InChI=1S/C16H18N2O4/c1-9-3-2-4-10(7-9)13-8-18(16(20)22-13)11-5-6-12-15(21-12)17-14(11)19/h2-4,7,11-13,15H,5-6,8H2,1H3,(H,17,19)/t11?,12?,13-,15?/m1/s1. The summed E-state index contributed by atoms with van der Waals surface area (Å²) in [5, 5.41) is 2.82. The van der Waals surface area contributed by atoms with Crippen LogP contribution in [0.4, 0.5) is 4.79 Å². The Morgan fingerprint density at radius 1 is 1.27 bits per heavy atom. The average molecular weight is 302 g/mol. The minimum atomic E-state index is -0.460. The maximum Gasteiger partial charge on any atom is 0.411 e. The quantitative estimate of drug-likeness (QED) is 0.840. The second-order valence-corrected chi connectivity index (χ2v) is 6.14. The molecule has 0 aliphatic carbocycles. The molecule has 3 fully saturated rings. The number of ether oxygens (including phenoxy) is 2. The van der Waals surface area contributed by atoms with Crippen LogP contribution in [0.1, 0.15) is 30.1 Å². The van der Waals surface area contributed by atoms with Crippen molar-refractivity contribution in [1.82, 2.24) is 10.2 Å². The number of cyclic esters (lactones) is 1. The third-order valence-electron chi connectivity index (χ3n) is 4.52. The van der Waals surface area contributed by atoms with Gasteiger partial charge >= 0.3 is 6.09 Å². The molecule has 3 aliphatic rings. The van der Waals surface area contributed by atoms with E-state index in [4.69, 9.17) is 9.47 Å². The summed E-state index contributed by atoms with van der Waals surface area (Å²) in [5.74, 6) is -0.146. The zero-order valence-electron chi connectivity index (χ0n) is 12.3. The lowest BCUT2D eigenvalue weighted by Gasteiger charge is -2.23. The van der Waals surface area contributed by atoms with E-state index in [0.29, 0.717) is 13.0 Å². The van der Waals surface area contributed by atoms with Crippen molar-refractivity contribution in [3.05, 3.63) is 35.4 Å². The van der Waals surface area contributed by atoms with Crippen molar-refractivity contribution in [3.8, 4) is 0 Å². The van der Waals surface area contributed by atoms with Crippen molar-refractivity contribution in [2.24, 2.45) is 0 Å². The van der Waals surface area contributed by atoms with E-state index in [1.807, 2.05) is 31.2 Å². The third kappa shape index (κ3) is 2.33. The second-order valence-electron chi connectivity index (χ2n) is 6.14. The SMILES string of the molecule is Cc1cccc([C@H]2CN(C3CCC4OC4NC3=O)C(=O)O2)c1. The maximum absolute atomic E-state index is 12.2. The van der Waals surface area contributed by atoms with E-state index in [1.54, 1.807) is 4.90 Å². The summed E-state index contributed by atoms with van der Waals surface area (Å²) < 4.78 is 10.8. The highest BCUT2D eigenvalue weighted by atomic mass is 16.6. The number of hydrogen-bond donors (Lipinski definition) is 1. The molecule has 0 radical (unpaired) electrons. The molecule has 0 bridgehead atoms. The summed E-state index contributed by atoms with van der Waals surface area (Å²) in [4.78, 5) is 26.0. The Morgan fingerprint density at radius 2 is 2.14 bits per heavy atom. The fourth-order valence-electron chi connectivity index (χ4n) is 3.25. The molecule has 3 saturated heterocycles. The van der Waals surface area contributed by atoms with E-state index < -0.39 is 12.1 Å². The number of benzene rings is 1. The van der Waals surface area contributed by atoms with Crippen LogP contribution in [0, 0.1) is 6.92 Å². The average Bonchev–Trinajstić information content (AvgIpc) is 3.13. The lowest BCUT2D eigenvalue weighted by Crippen LogP contribution is -2.47. The molecule has 22 heavy (non-hydrogen) atoms. The second kappa shape index (κ2) is 4.98. The van der Waals surface area contributed by atoms with Gasteiger partial charge in [0.25, 0.3) is 0 Å². The van der Waals surface area contributed by atoms with Crippen LogP contribution in [-0.2, 0) is 14.3 Å². The number of rotatable bonds is 2. The van der Waals surface area contributed by atoms with Gasteiger partial charge in [0, 0.05) is 0 Å². The van der Waals surface area contributed by atoms with Gasteiger partial charge in [-0.15, -0.1) is 0 Å². The molecule has 3 unspecified atom stereocenters. The molecule has 0 saturated carbocycles. The minimum Gasteiger partial charge on any atom is -0.439 e. The molecule has 2 amide bonds. The van der Waals surface area contributed by atoms with Crippen molar-refractivity contribution in [2.75, 3.05) is 6.54 Å². The van der Waals surface area contributed by atoms with Crippen LogP contribution in [-0.4, -0.2) is 41.8 Å². The summed E-state index contributed by atoms with van der Waals surface area (Å²) >= 11 is 0. The van der Waals surface area contributed by atoms with Gasteiger partial charge in [-0.25, -0.2) is 4.79 Å². The van der Waals surface area contributed by atoms with Crippen LogP contribution in [0.15, 0.2) is 24.3 Å². The van der Waals surface area contributed by atoms with Gasteiger partial charge in [-0.3, -0.25) is 9.69 Å². The first-order valence-electron chi connectivity index (χ1n) is 7.61. The molecular formula is C16H18N2O4. The molecule has 1 N–H and O–H groups in total. The number of aryl methyl sites for hydroxylation is 1. The van der Waals surface area contributed by atoms with E-state index in [2.05, 4.69) is 5.32 Å². The fourth-order valence-corrected chi connectivity index (χ4v) is 3.25. The van der Waals surface area contributed by atoms with Crippen molar-refractivity contribution in [1.29, 1.82) is 0 Å². The predicted molar refractivity (Wildman–Crippen MR) is 76.9 cm³/mol. The summed E-state index contributed by atoms with van der Waals surface area (Å²) in [6.45, 7) is 2.42. The Hall–Kier alpha value is -2.08. The molecule has 3 aliphatic heterocycles. The monoisotopic (exact) mass is 302 g/mol. The van der Waals surface area contributed by atoms with Gasteiger partial charge in [-0.1, -0.05) is 29.8 Å². The summed E-state index contributed by atoms with van der Waals surface area (Å²) in [7, 11) is 0. The van der Waals surface area contributed by atoms with Crippen molar-refractivity contribution >= 4 is 12.0 Å². The Morgan fingerprint density at radius 3 is 2.95 bits per heavy atom. The number of fused-ring (bicyclic) bond motifs is 1. The van der Waals surface area contributed by atoms with Gasteiger partial charge in [0.05, 0.1) is 6.54 Å². The number of amides is 2. The van der Waals surface area contributed by atoms with Gasteiger partial charge in [-0.2, -0.15) is 0 Å². The van der Waals surface area contributed by atoms with Gasteiger partial charge in [0.1, 0.15) is 18.2 Å². The normalized spacial score (nSPS) is 33.8. The first kappa shape index (κ1) is 13.6. The molecule has 4 atom stereocenters. The van der Waals surface area contributed by atoms with Gasteiger partial charge < -0.3 is 14.8 Å². The molecule has 6 heteroatoms. The fraction of sp³-hybridized carbons (Fsp3) is 0.500. The Balaban J connectivity index is 1.51. The van der Waals surface area contributed by atoms with Crippen LogP contribution in [0.2, 0.25) is 0 Å². The first-order chi connectivity index (χ1) is 10.6. The number of epoxide rings is 1. The van der Waals surface area contributed by atoms with E-state index in [-0.39, 0.29) is 24.3 Å². The van der Waals surface area contributed by atoms with Crippen LogP contribution < -0.4 is 5.32 Å². The van der Waals surface area contributed by atoms with Gasteiger partial charge in [0.15, 0.2) is 6.23 Å². The zero-order chi connectivity index (χ0) is 15.3. The van der Waals surface area contributed by atoms with Crippen LogP contribution >= 0.6 is 0 Å². The van der Waals surface area contributed by atoms with E-state index >= 15 is 0 Å². The smallest absolute Gasteiger partial charge is 0.411 e. The van der Waals surface area contributed by atoms with E-state index in [0.717, 1.165) is 17.5 Å². The molecule has 116 valence electrons. The minimum absolute atomic E-state index is 0.111. The third-order valence-corrected chi connectivity index (χ3v) is 4.52. The number of nitrogens with one attached hydrogen (secondary N) is 1. The van der Waals surface area contributed by atoms with Crippen LogP contribution in [0.3, 0.4) is 0 Å². The maximum atomic E-state index is 12.2.